The molecule has 0 aliphatic carbocycles. The molecule has 0 heterocycles. The van der Waals surface area contributed by atoms with E-state index in [9.17, 15) is 0 Å². The molecular weight excluding hydrogens is 242 g/mol. The van der Waals surface area contributed by atoms with E-state index in [1.807, 2.05) is 13.1 Å². The maximum Gasteiger partial charge on any atom is 0.245 e. The van der Waals surface area contributed by atoms with Crippen molar-refractivity contribution in [2.45, 2.75) is 13.1 Å². The summed E-state index contributed by atoms with van der Waals surface area (Å²) in [4.78, 5) is 0. The molecule has 0 N–H and O–H groups in total. The maximum absolute atomic E-state index is 5.43. The van der Waals surface area contributed by atoms with Gasteiger partial charge in [0, 0.05) is 23.9 Å². The number of halogens is 2. The zero-order chi connectivity index (χ0) is 4.50. The van der Waals surface area contributed by atoms with Crippen LogP contribution < -0.4 is 0 Å². The van der Waals surface area contributed by atoms with Crippen LogP contribution in [-0.2, 0) is 0 Å². The van der Waals surface area contributed by atoms with Crippen LogP contribution in [0.15, 0.2) is 0 Å². The van der Waals surface area contributed by atoms with Crippen LogP contribution >= 0.6 is 22.2 Å². The summed E-state index contributed by atoms with van der Waals surface area (Å²) >= 11 is 10.9. The summed E-state index contributed by atoms with van der Waals surface area (Å²) in [6.07, 6.45) is 0. The molecule has 0 fully saturated rings. The van der Waals surface area contributed by atoms with Gasteiger partial charge < -0.3 is 0 Å². The van der Waals surface area contributed by atoms with E-state index in [1.165, 1.54) is 0 Å². The van der Waals surface area contributed by atoms with Crippen LogP contribution in [0, 0.1) is 0 Å². The molecule has 0 aromatic rings. The first-order chi connectivity index (χ1) is 2.00. The van der Waals surface area contributed by atoms with Crippen LogP contribution in [0.25, 0.3) is 0 Å². The Bertz CT molecular complexity index is 27.0. The molecule has 0 saturated carbocycles. The molecule has 0 aromatic carbocycles. The van der Waals surface area contributed by atoms with Gasteiger partial charge in [0.2, 0.25) is 6.69 Å². The van der Waals surface area contributed by atoms with Crippen molar-refractivity contribution in [3.63, 3.8) is 0 Å². The van der Waals surface area contributed by atoms with E-state index in [-0.39, 0.29) is 23.9 Å². The Kier molecular flexibility index (Phi) is 6.30. The van der Waals surface area contributed by atoms with Crippen molar-refractivity contribution in [2.75, 3.05) is 0 Å². The van der Waals surface area contributed by atoms with Crippen molar-refractivity contribution < 1.29 is 0 Å². The van der Waals surface area contributed by atoms with Gasteiger partial charge >= 0.3 is 0 Å². The van der Waals surface area contributed by atoms with Gasteiger partial charge in [-0.05, 0) is 13.1 Å². The fraction of sp³-hybridized carbons (Fsp3) is 1.00. The predicted octanol–water partition coefficient (Wildman–Crippen LogP) is 1.78. The van der Waals surface area contributed by atoms with Crippen molar-refractivity contribution in [3.05, 3.63) is 0 Å². The fourth-order valence-corrected chi connectivity index (χ4v) is 0. The second-order valence-electron chi connectivity index (χ2n) is 1.33. The van der Waals surface area contributed by atoms with E-state index < -0.39 is 6.69 Å². The maximum atomic E-state index is 5.43. The van der Waals surface area contributed by atoms with Crippen LogP contribution in [0.4, 0.5) is 0 Å². The Morgan fingerprint density at radius 1 is 1.17 bits per heavy atom. The minimum absolute atomic E-state index is 0. The van der Waals surface area contributed by atoms with Gasteiger partial charge in [0.05, 0.1) is 0 Å². The Morgan fingerprint density at radius 3 is 1.17 bits per heavy atom. The quantitative estimate of drug-likeness (QED) is 0.452. The van der Waals surface area contributed by atoms with Crippen LogP contribution in [0.3, 0.4) is 0 Å². The van der Waals surface area contributed by atoms with Gasteiger partial charge in [-0.15, -0.1) is 22.2 Å². The summed E-state index contributed by atoms with van der Waals surface area (Å²) in [6.45, 7) is 2.05. The van der Waals surface area contributed by atoms with Crippen molar-refractivity contribution in [1.82, 2.24) is 0 Å². The standard InChI is InChI=1S/C2H6Cl2Si.Sn/c1-5(2,3)4;/h1-2H3;. The Morgan fingerprint density at radius 2 is 1.17 bits per heavy atom. The molecule has 0 aromatic heterocycles. The molecule has 0 aliphatic heterocycles. The summed E-state index contributed by atoms with van der Waals surface area (Å²) in [5, 5.41) is 0. The Labute approximate surface area is 65.6 Å². The van der Waals surface area contributed by atoms with Gasteiger partial charge in [-0.3, -0.25) is 0 Å². The zero-order valence-corrected chi connectivity index (χ0v) is 9.12. The summed E-state index contributed by atoms with van der Waals surface area (Å²) in [5.41, 5.74) is 0. The van der Waals surface area contributed by atoms with E-state index in [0.717, 1.165) is 0 Å². The molecular formula is C2H6Cl2SiSn. The first kappa shape index (κ1) is 10.6. The number of hydrogen-bond acceptors (Lipinski definition) is 0. The van der Waals surface area contributed by atoms with Crippen LogP contribution in [0.2, 0.25) is 13.1 Å². The SMILES string of the molecule is C[Si](C)(Cl)Cl.[Sn]. The molecule has 0 aliphatic rings. The van der Waals surface area contributed by atoms with Crippen molar-refractivity contribution in [1.29, 1.82) is 0 Å². The molecule has 0 unspecified atom stereocenters. The second-order valence-corrected chi connectivity index (χ2v) is 10.2. The molecule has 36 valence electrons. The van der Waals surface area contributed by atoms with E-state index in [4.69, 9.17) is 22.2 Å². The van der Waals surface area contributed by atoms with Crippen molar-refractivity contribution in [2.24, 2.45) is 0 Å². The minimum atomic E-state index is -1.67. The molecule has 4 heteroatoms. The number of rotatable bonds is 0. The molecule has 0 saturated heterocycles. The van der Waals surface area contributed by atoms with Crippen LogP contribution in [0.1, 0.15) is 0 Å². The second kappa shape index (κ2) is 3.58. The average Bonchev–Trinajstić information content (AvgIpc) is 0.722. The smallest absolute Gasteiger partial charge is 0.146 e. The van der Waals surface area contributed by atoms with Crippen molar-refractivity contribution in [3.8, 4) is 0 Å². The van der Waals surface area contributed by atoms with Gasteiger partial charge in [-0.2, -0.15) is 0 Å². The summed E-state index contributed by atoms with van der Waals surface area (Å²) < 4.78 is 0. The van der Waals surface area contributed by atoms with E-state index in [2.05, 4.69) is 0 Å². The summed E-state index contributed by atoms with van der Waals surface area (Å²) in [5.74, 6) is 0. The van der Waals surface area contributed by atoms with E-state index >= 15 is 0 Å². The minimum Gasteiger partial charge on any atom is -0.146 e. The molecule has 0 spiro atoms. The Hall–Kier alpha value is 1.60. The van der Waals surface area contributed by atoms with Gasteiger partial charge in [0.25, 0.3) is 0 Å². The topological polar surface area (TPSA) is 0 Å². The monoisotopic (exact) mass is 248 g/mol. The third-order valence-electron chi connectivity index (χ3n) is 0. The van der Waals surface area contributed by atoms with E-state index in [1.54, 1.807) is 0 Å². The molecule has 0 atom stereocenters. The van der Waals surface area contributed by atoms with Gasteiger partial charge in [0.1, 0.15) is 0 Å². The summed E-state index contributed by atoms with van der Waals surface area (Å²) in [6, 6.07) is 0. The van der Waals surface area contributed by atoms with Gasteiger partial charge in [0.15, 0.2) is 0 Å². The first-order valence-corrected chi connectivity index (χ1v) is 6.40. The average molecular weight is 248 g/mol. The predicted molar refractivity (Wildman–Crippen MR) is 34.9 cm³/mol. The van der Waals surface area contributed by atoms with Gasteiger partial charge in [-0.1, -0.05) is 0 Å². The first-order valence-electron chi connectivity index (χ1n) is 1.38. The molecule has 0 nitrogen and oxygen atoms in total. The van der Waals surface area contributed by atoms with E-state index in [0.29, 0.717) is 0 Å². The molecule has 0 rings (SSSR count). The fourth-order valence-electron chi connectivity index (χ4n) is 0. The summed E-state index contributed by atoms with van der Waals surface area (Å²) in [7, 11) is 0. The van der Waals surface area contributed by atoms with Crippen LogP contribution in [0.5, 0.6) is 0 Å². The molecule has 4 radical (unpaired) electrons. The largest absolute Gasteiger partial charge is 0.245 e. The number of hydrogen-bond donors (Lipinski definition) is 0. The normalized spacial score (nSPS) is 10.0. The zero-order valence-electron chi connectivity index (χ0n) is 3.76. The van der Waals surface area contributed by atoms with Gasteiger partial charge in [-0.25, -0.2) is 0 Å². The molecule has 6 heavy (non-hydrogen) atoms. The third kappa shape index (κ3) is 46.4. The van der Waals surface area contributed by atoms with Crippen LogP contribution in [-0.4, -0.2) is 30.6 Å². The van der Waals surface area contributed by atoms with Crippen molar-refractivity contribution >= 4 is 52.8 Å². The third-order valence-corrected chi connectivity index (χ3v) is 0. The molecule has 0 amide bonds. The Balaban J connectivity index is 0. The molecule has 0 bridgehead atoms.